The van der Waals surface area contributed by atoms with Crippen LogP contribution in [0.4, 0.5) is 11.6 Å². The van der Waals surface area contributed by atoms with E-state index in [0.29, 0.717) is 33.7 Å². The summed E-state index contributed by atoms with van der Waals surface area (Å²) in [5, 5.41) is 11.4. The van der Waals surface area contributed by atoms with Crippen LogP contribution >= 0.6 is 11.6 Å². The first-order chi connectivity index (χ1) is 18.4. The summed E-state index contributed by atoms with van der Waals surface area (Å²) < 4.78 is 13.7. The number of aromatic nitrogens is 3. The second-order valence-electron chi connectivity index (χ2n) is 9.16. The van der Waals surface area contributed by atoms with E-state index in [1.54, 1.807) is 11.8 Å². The molecule has 1 unspecified atom stereocenters. The Bertz CT molecular complexity index is 1530. The van der Waals surface area contributed by atoms with Crippen LogP contribution in [0.5, 0.6) is 11.5 Å². The third-order valence-electron chi connectivity index (χ3n) is 6.49. The van der Waals surface area contributed by atoms with Crippen molar-refractivity contribution in [3.05, 3.63) is 106 Å². The predicted octanol–water partition coefficient (Wildman–Crippen LogP) is 6.06. The first-order valence-corrected chi connectivity index (χ1v) is 12.5. The molecule has 0 radical (unpaired) electrons. The summed E-state index contributed by atoms with van der Waals surface area (Å²) in [5.41, 5.74) is 5.67. The Balaban J connectivity index is 1.57. The van der Waals surface area contributed by atoms with Gasteiger partial charge in [0, 0.05) is 22.0 Å². The van der Waals surface area contributed by atoms with Crippen LogP contribution in [0.3, 0.4) is 0 Å². The number of allylic oxidation sites excluding steroid dienone is 1. The molecule has 2 heterocycles. The van der Waals surface area contributed by atoms with Gasteiger partial charge < -0.3 is 20.1 Å². The van der Waals surface area contributed by atoms with Crippen LogP contribution < -0.4 is 20.1 Å². The van der Waals surface area contributed by atoms with Crippen molar-refractivity contribution in [2.75, 3.05) is 17.7 Å². The summed E-state index contributed by atoms with van der Waals surface area (Å²) in [6.45, 7) is 6.14. The number of nitrogens with one attached hydrogen (secondary N) is 2. The standard InChI is InChI=1S/C29H28ClN5O3/c1-17-8-13-23(18(2)14-17)34-28(36)25-19(3)33-29-31-16-32-35(29)26(25)22-6-5-7-24(37-4)27(22)38-15-20-9-11-21(30)12-10-20/h5-14,16,26H,15H2,1-4H3,(H,34,36)(H,31,32,33). The highest BCUT2D eigenvalue weighted by Gasteiger charge is 2.36. The molecule has 0 bridgehead atoms. The Hall–Kier alpha value is -4.30. The third-order valence-corrected chi connectivity index (χ3v) is 6.74. The van der Waals surface area contributed by atoms with Crippen molar-refractivity contribution < 1.29 is 14.3 Å². The lowest BCUT2D eigenvalue weighted by molar-refractivity contribution is -0.113. The highest BCUT2D eigenvalue weighted by atomic mass is 35.5. The average molecular weight is 530 g/mol. The van der Waals surface area contributed by atoms with E-state index in [-0.39, 0.29) is 12.5 Å². The van der Waals surface area contributed by atoms with Crippen molar-refractivity contribution in [3.63, 3.8) is 0 Å². The molecule has 0 spiro atoms. The van der Waals surface area contributed by atoms with Gasteiger partial charge in [0.15, 0.2) is 11.5 Å². The molecule has 0 fully saturated rings. The number of halogens is 1. The number of carbonyl (C=O) groups excluding carboxylic acids is 1. The van der Waals surface area contributed by atoms with E-state index in [1.165, 1.54) is 6.33 Å². The molecule has 1 aliphatic rings. The zero-order valence-corrected chi connectivity index (χ0v) is 22.3. The first-order valence-electron chi connectivity index (χ1n) is 12.2. The van der Waals surface area contributed by atoms with Gasteiger partial charge in [-0.3, -0.25) is 4.79 Å². The van der Waals surface area contributed by atoms with E-state index in [9.17, 15) is 4.79 Å². The second-order valence-corrected chi connectivity index (χ2v) is 9.60. The molecule has 0 aliphatic carbocycles. The van der Waals surface area contributed by atoms with Gasteiger partial charge in [0.1, 0.15) is 19.0 Å². The van der Waals surface area contributed by atoms with E-state index < -0.39 is 6.04 Å². The fourth-order valence-corrected chi connectivity index (χ4v) is 4.74. The van der Waals surface area contributed by atoms with Crippen molar-refractivity contribution in [1.29, 1.82) is 0 Å². The van der Waals surface area contributed by atoms with Crippen molar-refractivity contribution in [2.45, 2.75) is 33.4 Å². The maximum Gasteiger partial charge on any atom is 0.255 e. The number of amides is 1. The SMILES string of the molecule is COc1cccc(C2C(C(=O)Nc3ccc(C)cc3C)=C(C)Nc3ncnn32)c1OCc1ccc(Cl)cc1. The third kappa shape index (κ3) is 4.95. The van der Waals surface area contributed by atoms with Crippen LogP contribution in [0, 0.1) is 13.8 Å². The monoisotopic (exact) mass is 529 g/mol. The Kier molecular flexibility index (Phi) is 7.07. The molecule has 1 aliphatic heterocycles. The molecule has 2 N–H and O–H groups in total. The molecule has 194 valence electrons. The van der Waals surface area contributed by atoms with Crippen molar-refractivity contribution in [2.24, 2.45) is 0 Å². The largest absolute Gasteiger partial charge is 0.493 e. The number of methoxy groups -OCH3 is 1. The van der Waals surface area contributed by atoms with Gasteiger partial charge in [-0.15, -0.1) is 0 Å². The molecule has 1 amide bonds. The lowest BCUT2D eigenvalue weighted by atomic mass is 9.93. The van der Waals surface area contributed by atoms with Crippen LogP contribution in [-0.4, -0.2) is 27.8 Å². The predicted molar refractivity (Wildman–Crippen MR) is 148 cm³/mol. The topological polar surface area (TPSA) is 90.3 Å². The molecule has 9 heteroatoms. The number of para-hydroxylation sites is 1. The zero-order valence-electron chi connectivity index (χ0n) is 21.6. The van der Waals surface area contributed by atoms with E-state index in [0.717, 1.165) is 27.9 Å². The van der Waals surface area contributed by atoms with Gasteiger partial charge in [-0.1, -0.05) is 53.6 Å². The van der Waals surface area contributed by atoms with Crippen LogP contribution in [0.15, 0.2) is 78.3 Å². The average Bonchev–Trinajstić information content (AvgIpc) is 3.37. The Morgan fingerprint density at radius 3 is 2.63 bits per heavy atom. The quantitative estimate of drug-likeness (QED) is 0.302. The molecule has 0 saturated carbocycles. The molecule has 3 aromatic carbocycles. The van der Waals surface area contributed by atoms with E-state index in [2.05, 4.69) is 20.7 Å². The summed E-state index contributed by atoms with van der Waals surface area (Å²) in [6, 6.07) is 18.4. The van der Waals surface area contributed by atoms with Gasteiger partial charge in [0.2, 0.25) is 5.95 Å². The molecule has 8 nitrogen and oxygen atoms in total. The van der Waals surface area contributed by atoms with Gasteiger partial charge in [0.25, 0.3) is 5.91 Å². The number of rotatable bonds is 7. The summed E-state index contributed by atoms with van der Waals surface area (Å²) in [7, 11) is 1.59. The highest BCUT2D eigenvalue weighted by Crippen LogP contribution is 2.43. The van der Waals surface area contributed by atoms with E-state index >= 15 is 0 Å². The molecular formula is C29H28ClN5O3. The number of hydrogen-bond acceptors (Lipinski definition) is 6. The van der Waals surface area contributed by atoms with Gasteiger partial charge in [-0.2, -0.15) is 10.1 Å². The highest BCUT2D eigenvalue weighted by molar-refractivity contribution is 6.30. The number of aryl methyl sites for hydroxylation is 2. The smallest absolute Gasteiger partial charge is 0.255 e. The number of benzene rings is 3. The minimum Gasteiger partial charge on any atom is -0.493 e. The maximum absolute atomic E-state index is 13.9. The fraction of sp³-hybridized carbons (Fsp3) is 0.207. The first kappa shape index (κ1) is 25.4. The fourth-order valence-electron chi connectivity index (χ4n) is 4.62. The second kappa shape index (κ2) is 10.6. The number of ether oxygens (including phenoxy) is 2. The Morgan fingerprint density at radius 1 is 1.11 bits per heavy atom. The van der Waals surface area contributed by atoms with Gasteiger partial charge in [-0.25, -0.2) is 4.68 Å². The normalized spacial score (nSPS) is 14.5. The minimum atomic E-state index is -0.616. The summed E-state index contributed by atoms with van der Waals surface area (Å²) in [4.78, 5) is 18.2. The Labute approximate surface area is 226 Å². The van der Waals surface area contributed by atoms with E-state index in [1.807, 2.05) is 81.4 Å². The number of hydrogen-bond donors (Lipinski definition) is 2. The van der Waals surface area contributed by atoms with Gasteiger partial charge in [-0.05, 0) is 56.2 Å². The van der Waals surface area contributed by atoms with Crippen LogP contribution in [0.25, 0.3) is 0 Å². The van der Waals surface area contributed by atoms with Crippen LogP contribution in [-0.2, 0) is 11.4 Å². The summed E-state index contributed by atoms with van der Waals surface area (Å²) in [6.07, 6.45) is 1.46. The van der Waals surface area contributed by atoms with Crippen LogP contribution in [0.2, 0.25) is 5.02 Å². The molecular weight excluding hydrogens is 502 g/mol. The lowest BCUT2D eigenvalue weighted by Crippen LogP contribution is -2.32. The molecule has 1 aromatic heterocycles. The molecule has 0 saturated heterocycles. The van der Waals surface area contributed by atoms with Gasteiger partial charge in [0.05, 0.1) is 12.7 Å². The van der Waals surface area contributed by atoms with Crippen molar-refractivity contribution in [3.8, 4) is 11.5 Å². The minimum absolute atomic E-state index is 0.250. The van der Waals surface area contributed by atoms with E-state index in [4.69, 9.17) is 21.1 Å². The Morgan fingerprint density at radius 2 is 1.89 bits per heavy atom. The van der Waals surface area contributed by atoms with Crippen molar-refractivity contribution >= 4 is 29.1 Å². The van der Waals surface area contributed by atoms with Crippen molar-refractivity contribution in [1.82, 2.24) is 14.8 Å². The number of nitrogens with zero attached hydrogens (tertiary/aromatic N) is 3. The lowest BCUT2D eigenvalue weighted by Gasteiger charge is -2.30. The number of anilines is 2. The zero-order chi connectivity index (χ0) is 26.8. The van der Waals surface area contributed by atoms with Crippen LogP contribution in [0.1, 0.15) is 35.2 Å². The summed E-state index contributed by atoms with van der Waals surface area (Å²) in [5.74, 6) is 1.34. The molecule has 4 aromatic rings. The number of carbonyl (C=O) groups is 1. The number of fused-ring (bicyclic) bond motifs is 1. The summed E-state index contributed by atoms with van der Waals surface area (Å²) >= 11 is 6.05. The van der Waals surface area contributed by atoms with Gasteiger partial charge >= 0.3 is 0 Å². The molecule has 1 atom stereocenters. The molecule has 38 heavy (non-hydrogen) atoms. The molecule has 5 rings (SSSR count). The maximum atomic E-state index is 13.9.